The Kier molecular flexibility index (Phi) is 3.56. The van der Waals surface area contributed by atoms with E-state index in [1.807, 2.05) is 25.4 Å². The average molecular weight is 399 g/mol. The van der Waals surface area contributed by atoms with Crippen LogP contribution in [-0.2, 0) is 0 Å². The summed E-state index contributed by atoms with van der Waals surface area (Å²) in [5.41, 5.74) is 1.90. The molecule has 3 aromatic rings. The van der Waals surface area contributed by atoms with Crippen molar-refractivity contribution in [2.24, 2.45) is 0 Å². The molecule has 2 heterocycles. The zero-order valence-electron chi connectivity index (χ0n) is 9.95. The monoisotopic (exact) mass is 397 g/mol. The van der Waals surface area contributed by atoms with E-state index in [9.17, 15) is 0 Å². The summed E-state index contributed by atoms with van der Waals surface area (Å²) in [5.74, 6) is 0. The molecule has 3 rings (SSSR count). The van der Waals surface area contributed by atoms with Gasteiger partial charge in [0, 0.05) is 27.6 Å². The van der Waals surface area contributed by atoms with Crippen LogP contribution in [0.4, 0.5) is 5.13 Å². The molecule has 1 N–H and O–H groups in total. The van der Waals surface area contributed by atoms with Gasteiger partial charge in [-0.3, -0.25) is 0 Å². The van der Waals surface area contributed by atoms with Crippen LogP contribution in [0.3, 0.4) is 0 Å². The molecular formula is C13H9Br2N3S. The van der Waals surface area contributed by atoms with Gasteiger partial charge >= 0.3 is 0 Å². The number of nitrogens with zero attached hydrogens (tertiary/aromatic N) is 2. The standard InChI is InChI=1S/C13H9Br2N3S/c1-16-13-17-6-11(19-13)10-3-2-7-4-8(14)5-9(15)12(7)18-10/h2-6H,1H3,(H,16,17). The molecule has 0 bridgehead atoms. The first-order valence-electron chi connectivity index (χ1n) is 5.57. The molecule has 0 aliphatic carbocycles. The number of thiazole rings is 1. The van der Waals surface area contributed by atoms with Crippen molar-refractivity contribution in [2.45, 2.75) is 0 Å². The molecule has 0 saturated carbocycles. The van der Waals surface area contributed by atoms with Gasteiger partial charge in [0.2, 0.25) is 0 Å². The highest BCUT2D eigenvalue weighted by molar-refractivity contribution is 9.11. The van der Waals surface area contributed by atoms with E-state index in [1.54, 1.807) is 11.3 Å². The SMILES string of the molecule is CNc1ncc(-c2ccc3cc(Br)cc(Br)c3n2)s1. The van der Waals surface area contributed by atoms with Gasteiger partial charge in [-0.25, -0.2) is 9.97 Å². The average Bonchev–Trinajstić information content (AvgIpc) is 2.87. The zero-order valence-corrected chi connectivity index (χ0v) is 13.9. The van der Waals surface area contributed by atoms with Gasteiger partial charge in [0.25, 0.3) is 0 Å². The third kappa shape index (κ3) is 2.52. The van der Waals surface area contributed by atoms with Crippen molar-refractivity contribution >= 4 is 59.2 Å². The van der Waals surface area contributed by atoms with Crippen LogP contribution in [0.15, 0.2) is 39.4 Å². The topological polar surface area (TPSA) is 37.8 Å². The van der Waals surface area contributed by atoms with Crippen molar-refractivity contribution in [3.05, 3.63) is 39.4 Å². The Bertz CT molecular complexity index is 755. The second kappa shape index (κ2) is 5.19. The molecule has 96 valence electrons. The lowest BCUT2D eigenvalue weighted by Gasteiger charge is -2.03. The first-order chi connectivity index (χ1) is 9.17. The van der Waals surface area contributed by atoms with Crippen LogP contribution in [0.1, 0.15) is 0 Å². The molecule has 0 radical (unpaired) electrons. The van der Waals surface area contributed by atoms with Gasteiger partial charge < -0.3 is 5.32 Å². The van der Waals surface area contributed by atoms with E-state index in [0.29, 0.717) is 0 Å². The molecule has 0 fully saturated rings. The maximum absolute atomic E-state index is 4.71. The number of benzene rings is 1. The Morgan fingerprint density at radius 3 is 2.79 bits per heavy atom. The van der Waals surface area contributed by atoms with Crippen molar-refractivity contribution < 1.29 is 0 Å². The van der Waals surface area contributed by atoms with Gasteiger partial charge in [0.1, 0.15) is 0 Å². The Labute approximate surface area is 131 Å². The summed E-state index contributed by atoms with van der Waals surface area (Å²) < 4.78 is 2.02. The number of halogens is 2. The Morgan fingerprint density at radius 1 is 1.21 bits per heavy atom. The minimum atomic E-state index is 0.895. The molecule has 0 atom stereocenters. The highest BCUT2D eigenvalue weighted by Gasteiger charge is 2.08. The maximum atomic E-state index is 4.71. The van der Waals surface area contributed by atoms with Crippen molar-refractivity contribution in [3.8, 4) is 10.6 Å². The molecule has 0 aliphatic rings. The molecule has 1 aromatic carbocycles. The Balaban J connectivity index is 2.15. The second-order valence-corrected chi connectivity index (χ2v) is 6.74. The van der Waals surface area contributed by atoms with Crippen LogP contribution in [0.2, 0.25) is 0 Å². The second-order valence-electron chi connectivity index (χ2n) is 3.94. The molecule has 2 aromatic heterocycles. The number of nitrogens with one attached hydrogen (secondary N) is 1. The molecule has 0 amide bonds. The van der Waals surface area contributed by atoms with Gasteiger partial charge in [-0.15, -0.1) is 0 Å². The predicted molar refractivity (Wildman–Crippen MR) is 87.8 cm³/mol. The van der Waals surface area contributed by atoms with Crippen LogP contribution in [0.25, 0.3) is 21.5 Å². The van der Waals surface area contributed by atoms with Crippen LogP contribution in [0.5, 0.6) is 0 Å². The Morgan fingerprint density at radius 2 is 2.05 bits per heavy atom. The third-order valence-electron chi connectivity index (χ3n) is 2.68. The number of aromatic nitrogens is 2. The molecular weight excluding hydrogens is 390 g/mol. The quantitative estimate of drug-likeness (QED) is 0.665. The van der Waals surface area contributed by atoms with Crippen molar-refractivity contribution in [3.63, 3.8) is 0 Å². The summed E-state index contributed by atoms with van der Waals surface area (Å²) in [5, 5.41) is 5.03. The maximum Gasteiger partial charge on any atom is 0.182 e. The fourth-order valence-electron chi connectivity index (χ4n) is 1.80. The van der Waals surface area contributed by atoms with E-state index in [0.717, 1.165) is 35.6 Å². The van der Waals surface area contributed by atoms with E-state index >= 15 is 0 Å². The molecule has 19 heavy (non-hydrogen) atoms. The summed E-state index contributed by atoms with van der Waals surface area (Å²) in [6.45, 7) is 0. The summed E-state index contributed by atoms with van der Waals surface area (Å²) in [6, 6.07) is 8.16. The highest BCUT2D eigenvalue weighted by Crippen LogP contribution is 2.32. The molecule has 6 heteroatoms. The van der Waals surface area contributed by atoms with Gasteiger partial charge in [0.05, 0.1) is 16.1 Å². The number of rotatable bonds is 2. The number of fused-ring (bicyclic) bond motifs is 1. The number of hydrogen-bond acceptors (Lipinski definition) is 4. The fraction of sp³-hybridized carbons (Fsp3) is 0.0769. The van der Waals surface area contributed by atoms with Crippen molar-refractivity contribution in [1.82, 2.24) is 9.97 Å². The molecule has 0 saturated heterocycles. The van der Waals surface area contributed by atoms with Crippen LogP contribution >= 0.6 is 43.2 Å². The molecule has 0 unspecified atom stereocenters. The number of anilines is 1. The molecule has 3 nitrogen and oxygen atoms in total. The van der Waals surface area contributed by atoms with E-state index < -0.39 is 0 Å². The van der Waals surface area contributed by atoms with Gasteiger partial charge in [0.15, 0.2) is 5.13 Å². The largest absolute Gasteiger partial charge is 0.365 e. The number of hydrogen-bond donors (Lipinski definition) is 1. The van der Waals surface area contributed by atoms with Crippen LogP contribution in [0, 0.1) is 0 Å². The summed E-state index contributed by atoms with van der Waals surface area (Å²) in [4.78, 5) is 10.0. The van der Waals surface area contributed by atoms with Gasteiger partial charge in [-0.05, 0) is 34.1 Å². The van der Waals surface area contributed by atoms with Crippen molar-refractivity contribution in [1.29, 1.82) is 0 Å². The summed E-state index contributed by atoms with van der Waals surface area (Å²) >= 11 is 8.64. The molecule has 0 aliphatic heterocycles. The lowest BCUT2D eigenvalue weighted by molar-refractivity contribution is 1.35. The lowest BCUT2D eigenvalue weighted by Crippen LogP contribution is -1.85. The van der Waals surface area contributed by atoms with Crippen LogP contribution < -0.4 is 5.32 Å². The minimum absolute atomic E-state index is 0.895. The van der Waals surface area contributed by atoms with Crippen molar-refractivity contribution in [2.75, 3.05) is 12.4 Å². The van der Waals surface area contributed by atoms with Crippen LogP contribution in [-0.4, -0.2) is 17.0 Å². The minimum Gasteiger partial charge on any atom is -0.365 e. The van der Waals surface area contributed by atoms with E-state index in [2.05, 4.69) is 54.3 Å². The Hall–Kier alpha value is -0.980. The normalized spacial score (nSPS) is 10.9. The zero-order chi connectivity index (χ0) is 13.4. The first-order valence-corrected chi connectivity index (χ1v) is 7.97. The van der Waals surface area contributed by atoms with E-state index in [4.69, 9.17) is 4.98 Å². The van der Waals surface area contributed by atoms with Gasteiger partial charge in [-0.1, -0.05) is 33.3 Å². The van der Waals surface area contributed by atoms with E-state index in [1.165, 1.54) is 0 Å². The summed E-state index contributed by atoms with van der Waals surface area (Å²) in [6.07, 6.45) is 1.84. The molecule has 0 spiro atoms. The fourth-order valence-corrected chi connectivity index (χ4v) is 3.89. The smallest absolute Gasteiger partial charge is 0.182 e. The third-order valence-corrected chi connectivity index (χ3v) is 4.78. The lowest BCUT2D eigenvalue weighted by atomic mass is 10.2. The van der Waals surface area contributed by atoms with Gasteiger partial charge in [-0.2, -0.15) is 0 Å². The van der Waals surface area contributed by atoms with E-state index in [-0.39, 0.29) is 0 Å². The number of pyridine rings is 1. The first kappa shape index (κ1) is 13.0. The predicted octanol–water partition coefficient (Wildman–Crippen LogP) is 4.93. The highest BCUT2D eigenvalue weighted by atomic mass is 79.9. The summed E-state index contributed by atoms with van der Waals surface area (Å²) in [7, 11) is 1.87.